The third kappa shape index (κ3) is 3.79. The van der Waals surface area contributed by atoms with E-state index in [1.807, 2.05) is 0 Å². The molecule has 1 saturated heterocycles. The molecular formula is C14H29N. The predicted molar refractivity (Wildman–Crippen MR) is 68.1 cm³/mol. The van der Waals surface area contributed by atoms with Crippen molar-refractivity contribution in [1.82, 2.24) is 5.32 Å². The van der Waals surface area contributed by atoms with Crippen LogP contribution in [-0.2, 0) is 0 Å². The summed E-state index contributed by atoms with van der Waals surface area (Å²) in [5, 5.41) is 3.47. The summed E-state index contributed by atoms with van der Waals surface area (Å²) in [6.45, 7) is 9.56. The second-order valence-electron chi connectivity index (χ2n) is 5.47. The molecule has 1 N–H and O–H groups in total. The Morgan fingerprint density at radius 3 is 2.27 bits per heavy atom. The van der Waals surface area contributed by atoms with Crippen LogP contribution in [0.15, 0.2) is 0 Å². The molecule has 1 heterocycles. The smallest absolute Gasteiger partial charge is 0.00203 e. The maximum Gasteiger partial charge on any atom is 0.00203 e. The molecule has 0 aliphatic carbocycles. The molecule has 1 unspecified atom stereocenters. The van der Waals surface area contributed by atoms with Crippen LogP contribution in [0.3, 0.4) is 0 Å². The summed E-state index contributed by atoms with van der Waals surface area (Å²) in [7, 11) is 0. The molecule has 1 fully saturated rings. The molecule has 0 saturated carbocycles. The predicted octanol–water partition coefficient (Wildman–Crippen LogP) is 3.98. The van der Waals surface area contributed by atoms with Crippen molar-refractivity contribution in [3.63, 3.8) is 0 Å². The van der Waals surface area contributed by atoms with Gasteiger partial charge in [0, 0.05) is 13.1 Å². The van der Waals surface area contributed by atoms with Gasteiger partial charge in [0.25, 0.3) is 0 Å². The van der Waals surface area contributed by atoms with Gasteiger partial charge >= 0.3 is 0 Å². The SMILES string of the molecule is CCCCC(CC)CC1(CCC)CNC1. The highest BCUT2D eigenvalue weighted by molar-refractivity contribution is 4.93. The van der Waals surface area contributed by atoms with Crippen LogP contribution in [0.25, 0.3) is 0 Å². The van der Waals surface area contributed by atoms with E-state index in [1.165, 1.54) is 58.0 Å². The van der Waals surface area contributed by atoms with E-state index in [9.17, 15) is 0 Å². The van der Waals surface area contributed by atoms with Crippen molar-refractivity contribution in [1.29, 1.82) is 0 Å². The van der Waals surface area contributed by atoms with Gasteiger partial charge in [-0.25, -0.2) is 0 Å². The maximum atomic E-state index is 3.47. The van der Waals surface area contributed by atoms with Crippen LogP contribution < -0.4 is 5.32 Å². The van der Waals surface area contributed by atoms with E-state index in [0.29, 0.717) is 5.41 Å². The van der Waals surface area contributed by atoms with E-state index in [0.717, 1.165) is 5.92 Å². The standard InChI is InChI=1S/C14H29N/c1-4-7-8-13(6-3)10-14(9-5-2)11-15-12-14/h13,15H,4-12H2,1-3H3. The molecule has 0 bridgehead atoms. The summed E-state index contributed by atoms with van der Waals surface area (Å²) in [6.07, 6.45) is 9.88. The highest BCUT2D eigenvalue weighted by Gasteiger charge is 2.37. The second kappa shape index (κ2) is 6.52. The molecule has 0 spiro atoms. The molecule has 1 aliphatic rings. The van der Waals surface area contributed by atoms with Crippen LogP contribution in [0.2, 0.25) is 0 Å². The fourth-order valence-corrected chi connectivity index (χ4v) is 2.99. The third-order valence-corrected chi connectivity index (χ3v) is 4.05. The summed E-state index contributed by atoms with van der Waals surface area (Å²) in [6, 6.07) is 0. The summed E-state index contributed by atoms with van der Waals surface area (Å²) >= 11 is 0. The fourth-order valence-electron chi connectivity index (χ4n) is 2.99. The first-order chi connectivity index (χ1) is 7.26. The lowest BCUT2D eigenvalue weighted by Gasteiger charge is -2.45. The van der Waals surface area contributed by atoms with Crippen molar-refractivity contribution >= 4 is 0 Å². The van der Waals surface area contributed by atoms with E-state index >= 15 is 0 Å². The van der Waals surface area contributed by atoms with Crippen LogP contribution in [-0.4, -0.2) is 13.1 Å². The van der Waals surface area contributed by atoms with Gasteiger partial charge in [0.05, 0.1) is 0 Å². The van der Waals surface area contributed by atoms with E-state index in [2.05, 4.69) is 26.1 Å². The number of hydrogen-bond acceptors (Lipinski definition) is 1. The van der Waals surface area contributed by atoms with Crippen LogP contribution in [0.5, 0.6) is 0 Å². The third-order valence-electron chi connectivity index (χ3n) is 4.05. The highest BCUT2D eigenvalue weighted by Crippen LogP contribution is 2.38. The topological polar surface area (TPSA) is 12.0 Å². The molecule has 0 radical (unpaired) electrons. The molecule has 15 heavy (non-hydrogen) atoms. The van der Waals surface area contributed by atoms with Crippen molar-refractivity contribution in [2.24, 2.45) is 11.3 Å². The fraction of sp³-hybridized carbons (Fsp3) is 1.00. The molecule has 1 heteroatoms. The molecule has 0 aromatic rings. The Kier molecular flexibility index (Phi) is 5.66. The lowest BCUT2D eigenvalue weighted by atomic mass is 9.70. The van der Waals surface area contributed by atoms with Crippen molar-refractivity contribution < 1.29 is 0 Å². The van der Waals surface area contributed by atoms with Gasteiger partial charge in [0.2, 0.25) is 0 Å². The largest absolute Gasteiger partial charge is 0.316 e. The normalized spacial score (nSPS) is 21.0. The molecule has 1 rings (SSSR count). The van der Waals surface area contributed by atoms with Crippen molar-refractivity contribution in [3.8, 4) is 0 Å². The van der Waals surface area contributed by atoms with Gasteiger partial charge in [-0.2, -0.15) is 0 Å². The Balaban J connectivity index is 2.34. The van der Waals surface area contributed by atoms with E-state index in [1.54, 1.807) is 0 Å². The van der Waals surface area contributed by atoms with Crippen molar-refractivity contribution in [2.45, 2.75) is 65.7 Å². The summed E-state index contributed by atoms with van der Waals surface area (Å²) in [5.74, 6) is 0.985. The lowest BCUT2D eigenvalue weighted by molar-refractivity contribution is 0.104. The summed E-state index contributed by atoms with van der Waals surface area (Å²) in [4.78, 5) is 0. The maximum absolute atomic E-state index is 3.47. The van der Waals surface area contributed by atoms with E-state index < -0.39 is 0 Å². The molecule has 0 amide bonds. The Morgan fingerprint density at radius 2 is 1.87 bits per heavy atom. The van der Waals surface area contributed by atoms with Gasteiger partial charge in [-0.3, -0.25) is 0 Å². The zero-order valence-electron chi connectivity index (χ0n) is 10.9. The van der Waals surface area contributed by atoms with Gasteiger partial charge < -0.3 is 5.32 Å². The zero-order chi connectivity index (χ0) is 11.1. The highest BCUT2D eigenvalue weighted by atomic mass is 15.0. The first kappa shape index (κ1) is 13.0. The minimum Gasteiger partial charge on any atom is -0.316 e. The Bertz CT molecular complexity index is 161. The number of unbranched alkanes of at least 4 members (excludes halogenated alkanes) is 1. The molecule has 0 aromatic carbocycles. The zero-order valence-corrected chi connectivity index (χ0v) is 10.9. The monoisotopic (exact) mass is 211 g/mol. The second-order valence-corrected chi connectivity index (χ2v) is 5.47. The first-order valence-electron chi connectivity index (χ1n) is 6.97. The Morgan fingerprint density at radius 1 is 1.13 bits per heavy atom. The molecule has 1 aliphatic heterocycles. The number of nitrogens with one attached hydrogen (secondary N) is 1. The van der Waals surface area contributed by atoms with Crippen LogP contribution in [0, 0.1) is 11.3 Å². The van der Waals surface area contributed by atoms with Gasteiger partial charge in [-0.1, -0.05) is 52.9 Å². The van der Waals surface area contributed by atoms with Crippen LogP contribution in [0.1, 0.15) is 65.7 Å². The number of hydrogen-bond donors (Lipinski definition) is 1. The molecule has 0 aromatic heterocycles. The number of rotatable bonds is 8. The van der Waals surface area contributed by atoms with Gasteiger partial charge in [0.15, 0.2) is 0 Å². The van der Waals surface area contributed by atoms with Gasteiger partial charge in [-0.05, 0) is 24.2 Å². The average molecular weight is 211 g/mol. The molecule has 90 valence electrons. The molecular weight excluding hydrogens is 182 g/mol. The van der Waals surface area contributed by atoms with Crippen molar-refractivity contribution in [3.05, 3.63) is 0 Å². The Labute approximate surface area is 96.0 Å². The summed E-state index contributed by atoms with van der Waals surface area (Å²) in [5.41, 5.74) is 0.684. The lowest BCUT2D eigenvalue weighted by Crippen LogP contribution is -2.54. The summed E-state index contributed by atoms with van der Waals surface area (Å²) < 4.78 is 0. The first-order valence-corrected chi connectivity index (χ1v) is 6.97. The molecule has 1 nitrogen and oxygen atoms in total. The minimum atomic E-state index is 0.684. The van der Waals surface area contributed by atoms with Crippen molar-refractivity contribution in [2.75, 3.05) is 13.1 Å². The van der Waals surface area contributed by atoms with E-state index in [-0.39, 0.29) is 0 Å². The van der Waals surface area contributed by atoms with Gasteiger partial charge in [-0.15, -0.1) is 0 Å². The quantitative estimate of drug-likeness (QED) is 0.640. The van der Waals surface area contributed by atoms with Gasteiger partial charge in [0.1, 0.15) is 0 Å². The average Bonchev–Trinajstić information content (AvgIpc) is 2.20. The van der Waals surface area contributed by atoms with Crippen LogP contribution >= 0.6 is 0 Å². The van der Waals surface area contributed by atoms with Crippen LogP contribution in [0.4, 0.5) is 0 Å². The Hall–Kier alpha value is -0.0400. The van der Waals surface area contributed by atoms with E-state index in [4.69, 9.17) is 0 Å². The molecule has 1 atom stereocenters. The minimum absolute atomic E-state index is 0.684.